The molecule has 1 saturated heterocycles. The van der Waals surface area contributed by atoms with Gasteiger partial charge in [0.2, 0.25) is 0 Å². The van der Waals surface area contributed by atoms with Gasteiger partial charge >= 0.3 is 5.97 Å². The Bertz CT molecular complexity index is 1010. The molecule has 6 heteroatoms. The third-order valence-corrected chi connectivity index (χ3v) is 5.74. The molecule has 2 aliphatic rings. The average molecular weight is 405 g/mol. The third-order valence-electron chi connectivity index (χ3n) is 5.74. The summed E-state index contributed by atoms with van der Waals surface area (Å²) in [6.45, 7) is 1.18. The summed E-state index contributed by atoms with van der Waals surface area (Å²) in [5.41, 5.74) is 1.19. The largest absolute Gasteiger partial charge is 0.486 e. The topological polar surface area (TPSA) is 83.9 Å². The second-order valence-electron chi connectivity index (χ2n) is 7.82. The summed E-state index contributed by atoms with van der Waals surface area (Å²) in [6.07, 6.45) is 4.83. The number of hydrogen-bond donors (Lipinski definition) is 1. The van der Waals surface area contributed by atoms with Crippen molar-refractivity contribution in [2.75, 3.05) is 13.1 Å². The smallest absolute Gasteiger partial charge is 0.328 e. The molecule has 1 spiro atoms. The van der Waals surface area contributed by atoms with Crippen LogP contribution in [-0.2, 0) is 4.79 Å². The minimum atomic E-state index is -1.04. The van der Waals surface area contributed by atoms with Gasteiger partial charge in [-0.15, -0.1) is 0 Å². The monoisotopic (exact) mass is 405 g/mol. The number of aliphatic carboxylic acids is 1. The summed E-state index contributed by atoms with van der Waals surface area (Å²) < 4.78 is 6.33. The van der Waals surface area contributed by atoms with E-state index in [1.165, 1.54) is 6.08 Å². The van der Waals surface area contributed by atoms with Gasteiger partial charge in [-0.3, -0.25) is 9.59 Å². The molecule has 0 radical (unpaired) electrons. The lowest BCUT2D eigenvalue weighted by atomic mass is 9.84. The van der Waals surface area contributed by atoms with Gasteiger partial charge in [-0.1, -0.05) is 24.3 Å². The van der Waals surface area contributed by atoms with Crippen LogP contribution in [0.5, 0.6) is 5.75 Å². The molecule has 6 nitrogen and oxygen atoms in total. The zero-order valence-electron chi connectivity index (χ0n) is 16.5. The summed E-state index contributed by atoms with van der Waals surface area (Å²) >= 11 is 0. The lowest BCUT2D eigenvalue weighted by Crippen LogP contribution is -2.43. The number of carboxylic acid groups (broad SMARTS) is 1. The fraction of sp³-hybridized carbons (Fsp3) is 0.292. The molecule has 4 rings (SSSR count). The quantitative estimate of drug-likeness (QED) is 0.785. The highest BCUT2D eigenvalue weighted by atomic mass is 16.5. The molecule has 2 heterocycles. The molecule has 1 fully saturated rings. The van der Waals surface area contributed by atoms with Crippen LogP contribution in [0.1, 0.15) is 52.0 Å². The highest BCUT2D eigenvalue weighted by molar-refractivity contribution is 6.01. The van der Waals surface area contributed by atoms with Crippen LogP contribution in [0.15, 0.2) is 54.6 Å². The van der Waals surface area contributed by atoms with Gasteiger partial charge in [0.25, 0.3) is 5.91 Å². The van der Waals surface area contributed by atoms with Crippen molar-refractivity contribution < 1.29 is 24.2 Å². The van der Waals surface area contributed by atoms with Crippen molar-refractivity contribution in [3.05, 3.63) is 71.3 Å². The van der Waals surface area contributed by atoms with Crippen LogP contribution in [-0.4, -0.2) is 46.4 Å². The van der Waals surface area contributed by atoms with E-state index < -0.39 is 11.6 Å². The summed E-state index contributed by atoms with van der Waals surface area (Å²) in [5.74, 6) is -0.515. The Kier molecular flexibility index (Phi) is 5.40. The van der Waals surface area contributed by atoms with Crippen molar-refractivity contribution in [3.63, 3.8) is 0 Å². The molecule has 1 amide bonds. The molecule has 30 heavy (non-hydrogen) atoms. The Morgan fingerprint density at radius 2 is 1.87 bits per heavy atom. The van der Waals surface area contributed by atoms with E-state index in [1.807, 2.05) is 35.2 Å². The standard InChI is InChI=1S/C24H23NO5/c26-20-16-24(30-21-9-7-17(15-19(20)21)8-10-22(27)28)11-4-13-25(14-12-24)23(29)18-5-2-1-3-6-18/h1-3,5-10,15H,4,11-14,16H2,(H,27,28). The van der Waals surface area contributed by atoms with E-state index in [0.717, 1.165) is 12.5 Å². The minimum Gasteiger partial charge on any atom is -0.486 e. The first-order valence-corrected chi connectivity index (χ1v) is 10.1. The minimum absolute atomic E-state index is 0.00467. The predicted molar refractivity (Wildman–Crippen MR) is 112 cm³/mol. The van der Waals surface area contributed by atoms with Crippen molar-refractivity contribution in [3.8, 4) is 5.75 Å². The van der Waals surface area contributed by atoms with E-state index in [9.17, 15) is 14.4 Å². The first-order valence-electron chi connectivity index (χ1n) is 10.1. The molecule has 0 aliphatic carbocycles. The van der Waals surface area contributed by atoms with Crippen LogP contribution in [0.3, 0.4) is 0 Å². The van der Waals surface area contributed by atoms with E-state index in [4.69, 9.17) is 9.84 Å². The molecule has 154 valence electrons. The van der Waals surface area contributed by atoms with Crippen LogP contribution >= 0.6 is 0 Å². The molecule has 1 unspecified atom stereocenters. The van der Waals surface area contributed by atoms with E-state index >= 15 is 0 Å². The van der Waals surface area contributed by atoms with E-state index in [1.54, 1.807) is 18.2 Å². The summed E-state index contributed by atoms with van der Waals surface area (Å²) in [4.78, 5) is 38.3. The summed E-state index contributed by atoms with van der Waals surface area (Å²) in [6, 6.07) is 14.4. The van der Waals surface area contributed by atoms with E-state index in [2.05, 4.69) is 0 Å². The van der Waals surface area contributed by atoms with Crippen LogP contribution in [0.4, 0.5) is 0 Å². The van der Waals surface area contributed by atoms with Crippen LogP contribution < -0.4 is 4.74 Å². The fourth-order valence-electron chi connectivity index (χ4n) is 4.20. The lowest BCUT2D eigenvalue weighted by Gasteiger charge is -2.37. The number of carboxylic acids is 1. The maximum atomic E-state index is 12.9. The average Bonchev–Trinajstić information content (AvgIpc) is 2.95. The number of carbonyl (C=O) groups excluding carboxylic acids is 2. The molecular formula is C24H23NO5. The van der Waals surface area contributed by atoms with Gasteiger partial charge in [0.05, 0.1) is 12.0 Å². The number of carbonyl (C=O) groups is 3. The number of rotatable bonds is 3. The van der Waals surface area contributed by atoms with E-state index in [0.29, 0.717) is 48.4 Å². The number of ketones is 1. The Labute approximate surface area is 174 Å². The SMILES string of the molecule is O=C(O)C=Cc1ccc2c(c1)C(=O)CC1(CCCN(C(=O)c3ccccc3)CC1)O2. The van der Waals surface area contributed by atoms with Gasteiger partial charge < -0.3 is 14.7 Å². The highest BCUT2D eigenvalue weighted by Gasteiger charge is 2.42. The highest BCUT2D eigenvalue weighted by Crippen LogP contribution is 2.40. The molecule has 0 saturated carbocycles. The van der Waals surface area contributed by atoms with Crippen molar-refractivity contribution in [2.24, 2.45) is 0 Å². The first-order chi connectivity index (χ1) is 14.5. The van der Waals surface area contributed by atoms with Gasteiger partial charge in [0.1, 0.15) is 11.4 Å². The van der Waals surface area contributed by atoms with Gasteiger partial charge in [-0.05, 0) is 48.7 Å². The van der Waals surface area contributed by atoms with Crippen LogP contribution in [0.2, 0.25) is 0 Å². The maximum absolute atomic E-state index is 12.9. The van der Waals surface area contributed by atoms with Crippen LogP contribution in [0, 0.1) is 0 Å². The van der Waals surface area contributed by atoms with Crippen molar-refractivity contribution in [1.29, 1.82) is 0 Å². The Balaban J connectivity index is 1.51. The van der Waals surface area contributed by atoms with Crippen LogP contribution in [0.25, 0.3) is 6.08 Å². The Hall–Kier alpha value is -3.41. The molecule has 1 N–H and O–H groups in total. The number of hydrogen-bond acceptors (Lipinski definition) is 4. The Morgan fingerprint density at radius 3 is 2.63 bits per heavy atom. The number of amides is 1. The molecule has 0 aromatic heterocycles. The number of Topliss-reactive ketones (excluding diaryl/α,β-unsaturated/α-hetero) is 1. The zero-order valence-corrected chi connectivity index (χ0v) is 16.5. The van der Waals surface area contributed by atoms with Gasteiger partial charge in [-0.2, -0.15) is 0 Å². The number of likely N-dealkylation sites (tertiary alicyclic amines) is 1. The summed E-state index contributed by atoms with van der Waals surface area (Å²) in [7, 11) is 0. The number of benzene rings is 2. The fourth-order valence-corrected chi connectivity index (χ4v) is 4.20. The first kappa shape index (κ1) is 19.9. The normalized spacial score (nSPS) is 21.2. The summed E-state index contributed by atoms with van der Waals surface area (Å²) in [5, 5.41) is 8.78. The van der Waals surface area contributed by atoms with E-state index in [-0.39, 0.29) is 18.1 Å². The second kappa shape index (κ2) is 8.14. The third kappa shape index (κ3) is 4.13. The second-order valence-corrected chi connectivity index (χ2v) is 7.82. The molecule has 2 aliphatic heterocycles. The zero-order chi connectivity index (χ0) is 21.1. The molecule has 2 aromatic rings. The molecule has 1 atom stereocenters. The maximum Gasteiger partial charge on any atom is 0.328 e. The molecular weight excluding hydrogens is 382 g/mol. The lowest BCUT2D eigenvalue weighted by molar-refractivity contribution is -0.131. The number of fused-ring (bicyclic) bond motifs is 1. The van der Waals surface area contributed by atoms with Gasteiger partial charge in [-0.25, -0.2) is 4.79 Å². The van der Waals surface area contributed by atoms with Crippen molar-refractivity contribution in [1.82, 2.24) is 4.90 Å². The molecule has 0 bridgehead atoms. The predicted octanol–water partition coefficient (Wildman–Crippen LogP) is 3.81. The van der Waals surface area contributed by atoms with Gasteiger partial charge in [0, 0.05) is 31.1 Å². The number of ether oxygens (including phenoxy) is 1. The molecule has 2 aromatic carbocycles. The van der Waals surface area contributed by atoms with Crippen molar-refractivity contribution >= 4 is 23.7 Å². The van der Waals surface area contributed by atoms with Gasteiger partial charge in [0.15, 0.2) is 5.78 Å². The Morgan fingerprint density at radius 1 is 1.07 bits per heavy atom. The number of nitrogens with zero attached hydrogens (tertiary/aromatic N) is 1. The van der Waals surface area contributed by atoms with Crippen molar-refractivity contribution in [2.45, 2.75) is 31.3 Å².